The van der Waals surface area contributed by atoms with E-state index in [0.717, 1.165) is 9.99 Å². The summed E-state index contributed by atoms with van der Waals surface area (Å²) in [6, 6.07) is 3.53. The number of Topliss-reactive ketones (excluding diaryl/α,β-unsaturated/α-hetero) is 1. The molecule has 84 valence electrons. The monoisotopic (exact) mass is 281 g/mol. The number of nitrogens with zero attached hydrogens (tertiary/aromatic N) is 1. The number of rotatable bonds is 2. The van der Waals surface area contributed by atoms with Crippen LogP contribution in [0.3, 0.4) is 0 Å². The van der Waals surface area contributed by atoms with Gasteiger partial charge in [0.1, 0.15) is 5.52 Å². The summed E-state index contributed by atoms with van der Waals surface area (Å²) >= 11 is 3.39. The molecule has 0 saturated heterocycles. The topological polar surface area (TPSA) is 43.1 Å². The average molecular weight is 282 g/mol. The first-order valence-electron chi connectivity index (χ1n) is 5.10. The van der Waals surface area contributed by atoms with Crippen LogP contribution in [0.5, 0.6) is 0 Å². The maximum Gasteiger partial charge on any atom is 0.198 e. The Morgan fingerprint density at radius 1 is 1.44 bits per heavy atom. The molecule has 0 aliphatic heterocycles. The standard InChI is InChI=1S/C12H12BrNO2/c1-6(2)12-14-10-5-8(7(3)15)4-9(13)11(10)16-12/h4-6H,1-3H3. The van der Waals surface area contributed by atoms with Crippen LogP contribution in [0.2, 0.25) is 0 Å². The minimum absolute atomic E-state index is 0.0247. The zero-order valence-corrected chi connectivity index (χ0v) is 11.0. The van der Waals surface area contributed by atoms with Crippen molar-refractivity contribution >= 4 is 32.8 Å². The van der Waals surface area contributed by atoms with E-state index in [-0.39, 0.29) is 11.7 Å². The zero-order chi connectivity index (χ0) is 11.9. The lowest BCUT2D eigenvalue weighted by Crippen LogP contribution is -1.91. The third-order valence-electron chi connectivity index (χ3n) is 2.36. The molecule has 0 atom stereocenters. The second kappa shape index (κ2) is 4.01. The van der Waals surface area contributed by atoms with Gasteiger partial charge in [-0.3, -0.25) is 4.79 Å². The number of halogens is 1. The molecular weight excluding hydrogens is 270 g/mol. The van der Waals surface area contributed by atoms with E-state index in [0.29, 0.717) is 17.0 Å². The molecule has 3 nitrogen and oxygen atoms in total. The molecule has 0 spiro atoms. The molecule has 2 aromatic rings. The first-order valence-corrected chi connectivity index (χ1v) is 5.89. The zero-order valence-electron chi connectivity index (χ0n) is 9.37. The number of ketones is 1. The molecule has 0 bridgehead atoms. The first-order chi connectivity index (χ1) is 7.49. The highest BCUT2D eigenvalue weighted by Gasteiger charge is 2.14. The highest BCUT2D eigenvalue weighted by atomic mass is 79.9. The number of fused-ring (bicyclic) bond motifs is 1. The van der Waals surface area contributed by atoms with Gasteiger partial charge in [0.25, 0.3) is 0 Å². The van der Waals surface area contributed by atoms with E-state index in [1.807, 2.05) is 13.8 Å². The molecular formula is C12H12BrNO2. The molecule has 16 heavy (non-hydrogen) atoms. The van der Waals surface area contributed by atoms with Crippen LogP contribution in [-0.2, 0) is 0 Å². The maximum atomic E-state index is 11.3. The molecule has 0 aliphatic carbocycles. The molecule has 0 N–H and O–H groups in total. The van der Waals surface area contributed by atoms with Crippen molar-refractivity contribution in [2.24, 2.45) is 0 Å². The van der Waals surface area contributed by atoms with Crippen molar-refractivity contribution in [1.29, 1.82) is 0 Å². The molecule has 1 heterocycles. The summed E-state index contributed by atoms with van der Waals surface area (Å²) < 4.78 is 6.40. The van der Waals surface area contributed by atoms with E-state index in [2.05, 4.69) is 20.9 Å². The molecule has 0 amide bonds. The SMILES string of the molecule is CC(=O)c1cc(Br)c2oc(C(C)C)nc2c1. The molecule has 0 unspecified atom stereocenters. The Hall–Kier alpha value is -1.16. The summed E-state index contributed by atoms with van der Waals surface area (Å²) in [6.45, 7) is 5.58. The Labute approximate surface area is 102 Å². The molecule has 2 rings (SSSR count). The van der Waals surface area contributed by atoms with E-state index < -0.39 is 0 Å². The summed E-state index contributed by atoms with van der Waals surface area (Å²) in [5.74, 6) is 0.952. The van der Waals surface area contributed by atoms with Gasteiger partial charge in [-0.15, -0.1) is 0 Å². The fourth-order valence-corrected chi connectivity index (χ4v) is 1.99. The van der Waals surface area contributed by atoms with Gasteiger partial charge in [-0.1, -0.05) is 13.8 Å². The van der Waals surface area contributed by atoms with E-state index in [1.54, 1.807) is 12.1 Å². The number of hydrogen-bond donors (Lipinski definition) is 0. The average Bonchev–Trinajstić information content (AvgIpc) is 2.61. The van der Waals surface area contributed by atoms with Crippen molar-refractivity contribution in [1.82, 2.24) is 4.98 Å². The molecule has 1 aromatic heterocycles. The van der Waals surface area contributed by atoms with E-state index in [1.165, 1.54) is 6.92 Å². The van der Waals surface area contributed by atoms with Gasteiger partial charge in [0.15, 0.2) is 17.3 Å². The molecule has 1 aromatic carbocycles. The lowest BCUT2D eigenvalue weighted by molar-refractivity contribution is 0.101. The number of carbonyl (C=O) groups is 1. The van der Waals surface area contributed by atoms with Crippen molar-refractivity contribution in [3.63, 3.8) is 0 Å². The Kier molecular flexibility index (Phi) is 2.84. The van der Waals surface area contributed by atoms with Gasteiger partial charge in [-0.2, -0.15) is 0 Å². The predicted molar refractivity (Wildman–Crippen MR) is 65.8 cm³/mol. The van der Waals surface area contributed by atoms with Gasteiger partial charge >= 0.3 is 0 Å². The molecule has 0 aliphatic rings. The minimum Gasteiger partial charge on any atom is -0.439 e. The van der Waals surface area contributed by atoms with Crippen LogP contribution in [0.25, 0.3) is 11.1 Å². The number of carbonyl (C=O) groups excluding carboxylic acids is 1. The second-order valence-corrected chi connectivity index (χ2v) is 4.92. The summed E-state index contributed by atoms with van der Waals surface area (Å²) in [6.07, 6.45) is 0. The largest absolute Gasteiger partial charge is 0.439 e. The first kappa shape index (κ1) is 11.3. The van der Waals surface area contributed by atoms with Gasteiger partial charge in [0, 0.05) is 11.5 Å². The normalized spacial score (nSPS) is 11.3. The Morgan fingerprint density at radius 2 is 2.12 bits per heavy atom. The van der Waals surface area contributed by atoms with E-state index in [9.17, 15) is 4.79 Å². The number of aromatic nitrogens is 1. The summed E-state index contributed by atoms with van der Waals surface area (Å²) in [5, 5.41) is 0. The fourth-order valence-electron chi connectivity index (χ4n) is 1.46. The molecule has 4 heteroatoms. The van der Waals surface area contributed by atoms with Crippen LogP contribution in [0.4, 0.5) is 0 Å². The molecule has 0 saturated carbocycles. The van der Waals surface area contributed by atoms with E-state index in [4.69, 9.17) is 4.42 Å². The third kappa shape index (κ3) is 1.89. The van der Waals surface area contributed by atoms with Crippen LogP contribution in [0.1, 0.15) is 42.9 Å². The van der Waals surface area contributed by atoms with Gasteiger partial charge in [-0.05, 0) is 35.0 Å². The van der Waals surface area contributed by atoms with Gasteiger partial charge in [0.05, 0.1) is 4.47 Å². The highest BCUT2D eigenvalue weighted by Crippen LogP contribution is 2.29. The van der Waals surface area contributed by atoms with Crippen LogP contribution < -0.4 is 0 Å². The summed E-state index contributed by atoms with van der Waals surface area (Å²) in [5.41, 5.74) is 2.07. The highest BCUT2D eigenvalue weighted by molar-refractivity contribution is 9.10. The van der Waals surface area contributed by atoms with E-state index >= 15 is 0 Å². The maximum absolute atomic E-state index is 11.3. The van der Waals surface area contributed by atoms with Crippen molar-refractivity contribution < 1.29 is 9.21 Å². The van der Waals surface area contributed by atoms with Crippen molar-refractivity contribution in [2.45, 2.75) is 26.7 Å². The molecule has 0 fully saturated rings. The Morgan fingerprint density at radius 3 is 2.69 bits per heavy atom. The lowest BCUT2D eigenvalue weighted by Gasteiger charge is -1.96. The third-order valence-corrected chi connectivity index (χ3v) is 2.95. The van der Waals surface area contributed by atoms with Gasteiger partial charge in [-0.25, -0.2) is 4.98 Å². The predicted octanol–water partition coefficient (Wildman–Crippen LogP) is 3.92. The van der Waals surface area contributed by atoms with Crippen LogP contribution in [-0.4, -0.2) is 10.8 Å². The molecule has 0 radical (unpaired) electrons. The van der Waals surface area contributed by atoms with Gasteiger partial charge in [0.2, 0.25) is 0 Å². The second-order valence-electron chi connectivity index (χ2n) is 4.07. The Balaban J connectivity index is 2.68. The fraction of sp³-hybridized carbons (Fsp3) is 0.333. The quantitative estimate of drug-likeness (QED) is 0.784. The van der Waals surface area contributed by atoms with Crippen LogP contribution >= 0.6 is 15.9 Å². The number of oxazole rings is 1. The van der Waals surface area contributed by atoms with Crippen LogP contribution in [0, 0.1) is 0 Å². The van der Waals surface area contributed by atoms with Crippen molar-refractivity contribution in [3.8, 4) is 0 Å². The number of benzene rings is 1. The summed E-state index contributed by atoms with van der Waals surface area (Å²) in [4.78, 5) is 15.7. The minimum atomic E-state index is 0.0247. The van der Waals surface area contributed by atoms with Crippen LogP contribution in [0.15, 0.2) is 21.0 Å². The van der Waals surface area contributed by atoms with Crippen molar-refractivity contribution in [2.75, 3.05) is 0 Å². The van der Waals surface area contributed by atoms with Gasteiger partial charge < -0.3 is 4.42 Å². The smallest absolute Gasteiger partial charge is 0.198 e. The lowest BCUT2D eigenvalue weighted by atomic mass is 10.1. The summed E-state index contributed by atoms with van der Waals surface area (Å²) in [7, 11) is 0. The van der Waals surface area contributed by atoms with Crippen molar-refractivity contribution in [3.05, 3.63) is 28.1 Å². The Bertz CT molecular complexity index is 557. The number of hydrogen-bond acceptors (Lipinski definition) is 3.